The molecule has 0 fully saturated rings. The van der Waals surface area contributed by atoms with Gasteiger partial charge >= 0.3 is 0 Å². The van der Waals surface area contributed by atoms with E-state index in [9.17, 15) is 9.59 Å². The summed E-state index contributed by atoms with van der Waals surface area (Å²) in [6, 6.07) is 9.83. The number of furan rings is 1. The monoisotopic (exact) mass is 282 g/mol. The van der Waals surface area contributed by atoms with Gasteiger partial charge in [0.2, 0.25) is 5.91 Å². The molecule has 2 N–H and O–H groups in total. The van der Waals surface area contributed by atoms with Crippen molar-refractivity contribution in [1.82, 2.24) is 4.90 Å². The molecule has 1 aromatic heterocycles. The predicted octanol–water partition coefficient (Wildman–Crippen LogP) is 1.48. The third-order valence-electron chi connectivity index (χ3n) is 2.72. The van der Waals surface area contributed by atoms with E-state index in [1.165, 1.54) is 4.90 Å². The summed E-state index contributed by atoms with van der Waals surface area (Å²) in [4.78, 5) is 24.1. The third kappa shape index (κ3) is 3.51. The third-order valence-corrected chi connectivity index (χ3v) is 2.72. The lowest BCUT2D eigenvalue weighted by Gasteiger charge is -2.06. The lowest BCUT2D eigenvalue weighted by Crippen LogP contribution is -2.20. The number of amides is 2. The van der Waals surface area contributed by atoms with Crippen molar-refractivity contribution in [1.29, 1.82) is 0 Å². The number of nitrogens with zero attached hydrogens (tertiary/aromatic N) is 1. The zero-order valence-electron chi connectivity index (χ0n) is 11.7. The highest BCUT2D eigenvalue weighted by Crippen LogP contribution is 2.09. The van der Waals surface area contributed by atoms with Gasteiger partial charge in [-0.1, -0.05) is 5.92 Å². The van der Waals surface area contributed by atoms with Gasteiger partial charge in [-0.2, -0.15) is 0 Å². The fourth-order valence-electron chi connectivity index (χ4n) is 1.59. The van der Waals surface area contributed by atoms with E-state index >= 15 is 0 Å². The minimum Gasteiger partial charge on any atom is -0.443 e. The standard InChI is InChI=1S/C16H14N2O3/c1-18(2)16(20)14-10-9-13(21-14)8-5-11-3-6-12(7-4-11)15(17)19/h3-4,6-7,9-10H,1-2H3,(H2,17,19). The van der Waals surface area contributed by atoms with Gasteiger partial charge in [-0.3, -0.25) is 9.59 Å². The second-order valence-corrected chi connectivity index (χ2v) is 4.56. The fourth-order valence-corrected chi connectivity index (χ4v) is 1.59. The van der Waals surface area contributed by atoms with E-state index < -0.39 is 5.91 Å². The van der Waals surface area contributed by atoms with Crippen LogP contribution in [0.15, 0.2) is 40.8 Å². The summed E-state index contributed by atoms with van der Waals surface area (Å²) < 4.78 is 5.35. The van der Waals surface area contributed by atoms with Gasteiger partial charge in [-0.05, 0) is 42.3 Å². The van der Waals surface area contributed by atoms with Crippen molar-refractivity contribution in [2.75, 3.05) is 14.1 Å². The van der Waals surface area contributed by atoms with Gasteiger partial charge in [0.15, 0.2) is 11.5 Å². The Bertz CT molecular complexity index is 731. The Morgan fingerprint density at radius 1 is 1.05 bits per heavy atom. The molecule has 2 amide bonds. The number of rotatable bonds is 2. The van der Waals surface area contributed by atoms with Crippen molar-refractivity contribution in [3.63, 3.8) is 0 Å². The van der Waals surface area contributed by atoms with Crippen LogP contribution in [0, 0.1) is 11.8 Å². The Kier molecular flexibility index (Phi) is 4.10. The molecule has 21 heavy (non-hydrogen) atoms. The SMILES string of the molecule is CN(C)C(=O)c1ccc(C#Cc2ccc(C(N)=O)cc2)o1. The molecule has 2 aromatic rings. The maximum Gasteiger partial charge on any atom is 0.289 e. The van der Waals surface area contributed by atoms with Crippen LogP contribution in [0.4, 0.5) is 0 Å². The second-order valence-electron chi connectivity index (χ2n) is 4.56. The zero-order valence-corrected chi connectivity index (χ0v) is 11.7. The van der Waals surface area contributed by atoms with E-state index in [1.54, 1.807) is 50.5 Å². The van der Waals surface area contributed by atoms with Crippen LogP contribution in [-0.2, 0) is 0 Å². The number of nitrogens with two attached hydrogens (primary N) is 1. The summed E-state index contributed by atoms with van der Waals surface area (Å²) in [7, 11) is 3.30. The van der Waals surface area contributed by atoms with Crippen molar-refractivity contribution < 1.29 is 14.0 Å². The van der Waals surface area contributed by atoms with Crippen LogP contribution in [0.1, 0.15) is 32.2 Å². The number of primary amides is 1. The van der Waals surface area contributed by atoms with Gasteiger partial charge in [0.25, 0.3) is 5.91 Å². The number of benzene rings is 1. The molecule has 0 bridgehead atoms. The van der Waals surface area contributed by atoms with Gasteiger partial charge in [-0.15, -0.1) is 0 Å². The highest BCUT2D eigenvalue weighted by Gasteiger charge is 2.11. The Hall–Kier alpha value is -3.00. The van der Waals surface area contributed by atoms with Crippen LogP contribution in [0.2, 0.25) is 0 Å². The minimum atomic E-state index is -0.479. The molecule has 0 aliphatic carbocycles. The van der Waals surface area contributed by atoms with Crippen LogP contribution in [0.3, 0.4) is 0 Å². The molecule has 0 atom stereocenters. The largest absolute Gasteiger partial charge is 0.443 e. The maximum atomic E-state index is 11.7. The predicted molar refractivity (Wildman–Crippen MR) is 77.7 cm³/mol. The molecule has 1 aromatic carbocycles. The van der Waals surface area contributed by atoms with E-state index in [1.807, 2.05) is 0 Å². The molecule has 5 heteroatoms. The maximum absolute atomic E-state index is 11.7. The normalized spacial score (nSPS) is 9.62. The van der Waals surface area contributed by atoms with E-state index in [-0.39, 0.29) is 11.7 Å². The summed E-state index contributed by atoms with van der Waals surface area (Å²) in [6.07, 6.45) is 0. The Balaban J connectivity index is 2.16. The second kappa shape index (κ2) is 5.97. The fraction of sp³-hybridized carbons (Fsp3) is 0.125. The zero-order chi connectivity index (χ0) is 15.4. The smallest absolute Gasteiger partial charge is 0.289 e. The molecule has 0 radical (unpaired) electrons. The molecular formula is C16H14N2O3. The summed E-state index contributed by atoms with van der Waals surface area (Å²) in [5.74, 6) is 5.66. The number of carbonyl (C=O) groups excluding carboxylic acids is 2. The first-order valence-corrected chi connectivity index (χ1v) is 6.21. The van der Waals surface area contributed by atoms with E-state index in [4.69, 9.17) is 10.2 Å². The molecule has 0 unspecified atom stereocenters. The Morgan fingerprint density at radius 2 is 1.71 bits per heavy atom. The van der Waals surface area contributed by atoms with Crippen molar-refractivity contribution >= 4 is 11.8 Å². The Morgan fingerprint density at radius 3 is 2.29 bits per heavy atom. The molecule has 0 aliphatic rings. The van der Waals surface area contributed by atoms with Crippen LogP contribution < -0.4 is 5.73 Å². The van der Waals surface area contributed by atoms with E-state index in [0.717, 1.165) is 5.56 Å². The average molecular weight is 282 g/mol. The van der Waals surface area contributed by atoms with Gasteiger partial charge < -0.3 is 15.1 Å². The summed E-state index contributed by atoms with van der Waals surface area (Å²) in [6.45, 7) is 0. The quantitative estimate of drug-likeness (QED) is 0.848. The number of carbonyl (C=O) groups is 2. The minimum absolute atomic E-state index is 0.214. The summed E-state index contributed by atoms with van der Waals surface area (Å²) >= 11 is 0. The molecule has 0 saturated carbocycles. The molecule has 0 aliphatic heterocycles. The van der Waals surface area contributed by atoms with Crippen molar-refractivity contribution in [2.45, 2.75) is 0 Å². The first kappa shape index (κ1) is 14.4. The van der Waals surface area contributed by atoms with Gasteiger partial charge in [-0.25, -0.2) is 0 Å². The molecule has 1 heterocycles. The van der Waals surface area contributed by atoms with Gasteiger partial charge in [0.1, 0.15) is 0 Å². The van der Waals surface area contributed by atoms with Crippen molar-refractivity contribution in [2.24, 2.45) is 5.73 Å². The van der Waals surface area contributed by atoms with Crippen molar-refractivity contribution in [3.05, 3.63) is 59.0 Å². The van der Waals surface area contributed by atoms with Gasteiger partial charge in [0, 0.05) is 25.2 Å². The Labute approximate surface area is 122 Å². The van der Waals surface area contributed by atoms with Crippen LogP contribution >= 0.6 is 0 Å². The van der Waals surface area contributed by atoms with Crippen LogP contribution in [0.25, 0.3) is 0 Å². The molecule has 0 spiro atoms. The highest BCUT2D eigenvalue weighted by atomic mass is 16.3. The first-order valence-electron chi connectivity index (χ1n) is 6.21. The number of hydrogen-bond acceptors (Lipinski definition) is 3. The van der Waals surface area contributed by atoms with E-state index in [0.29, 0.717) is 11.3 Å². The molecule has 5 nitrogen and oxygen atoms in total. The van der Waals surface area contributed by atoms with Crippen molar-refractivity contribution in [3.8, 4) is 11.8 Å². The average Bonchev–Trinajstić information content (AvgIpc) is 2.93. The lowest BCUT2D eigenvalue weighted by molar-refractivity contribution is 0.0796. The topological polar surface area (TPSA) is 76.5 Å². The molecule has 106 valence electrons. The van der Waals surface area contributed by atoms with Gasteiger partial charge in [0.05, 0.1) is 0 Å². The van der Waals surface area contributed by atoms with E-state index in [2.05, 4.69) is 11.8 Å². The van der Waals surface area contributed by atoms with Crippen LogP contribution in [0.5, 0.6) is 0 Å². The number of hydrogen-bond donors (Lipinski definition) is 1. The van der Waals surface area contributed by atoms with Crippen LogP contribution in [-0.4, -0.2) is 30.8 Å². The molecule has 0 saturated heterocycles. The summed E-state index contributed by atoms with van der Waals surface area (Å²) in [5, 5.41) is 0. The molecule has 2 rings (SSSR count). The molecular weight excluding hydrogens is 268 g/mol. The highest BCUT2D eigenvalue weighted by molar-refractivity contribution is 5.92. The first-order chi connectivity index (χ1) is 9.97. The lowest BCUT2D eigenvalue weighted by atomic mass is 10.1. The summed E-state index contributed by atoms with van der Waals surface area (Å²) in [5.41, 5.74) is 6.31.